The minimum absolute atomic E-state index is 0.228. The lowest BCUT2D eigenvalue weighted by Crippen LogP contribution is -2.17. The van der Waals surface area contributed by atoms with Gasteiger partial charge in [-0.3, -0.25) is 4.79 Å². The van der Waals surface area contributed by atoms with E-state index in [0.29, 0.717) is 18.1 Å². The largest absolute Gasteiger partial charge is 0.492 e. The van der Waals surface area contributed by atoms with Crippen LogP contribution in [0.15, 0.2) is 48.2 Å². The fourth-order valence-electron chi connectivity index (χ4n) is 3.69. The van der Waals surface area contributed by atoms with Crippen LogP contribution < -0.4 is 0 Å². The number of carbonyl (C=O) groups excluding carboxylic acids is 2. The summed E-state index contributed by atoms with van der Waals surface area (Å²) >= 11 is 1.66. The van der Waals surface area contributed by atoms with E-state index in [9.17, 15) is 9.59 Å². The Morgan fingerprint density at radius 1 is 1.12 bits per heavy atom. The summed E-state index contributed by atoms with van der Waals surface area (Å²) in [6.45, 7) is 0.491. The molecule has 134 valence electrons. The van der Waals surface area contributed by atoms with Crippen LogP contribution in [0, 0.1) is 11.8 Å². The van der Waals surface area contributed by atoms with E-state index in [4.69, 9.17) is 9.47 Å². The first-order valence-electron chi connectivity index (χ1n) is 8.79. The summed E-state index contributed by atoms with van der Waals surface area (Å²) in [4.78, 5) is 25.7. The summed E-state index contributed by atoms with van der Waals surface area (Å²) in [6.07, 6.45) is 4.72. The lowest BCUT2D eigenvalue weighted by molar-refractivity contribution is -0.118. The molecular weight excluding hydrogens is 348 g/mol. The highest BCUT2D eigenvalue weighted by Crippen LogP contribution is 2.41. The molecular formula is C21H20O4S. The first-order valence-corrected chi connectivity index (χ1v) is 9.61. The first kappa shape index (κ1) is 17.0. The number of hydrogen-bond acceptors (Lipinski definition) is 5. The van der Waals surface area contributed by atoms with Gasteiger partial charge < -0.3 is 9.47 Å². The van der Waals surface area contributed by atoms with Crippen molar-refractivity contribution in [2.24, 2.45) is 11.8 Å². The molecule has 0 amide bonds. The molecule has 1 aromatic carbocycles. The fraction of sp³-hybridized carbons (Fsp3) is 0.333. The van der Waals surface area contributed by atoms with Crippen LogP contribution >= 0.6 is 11.3 Å². The second-order valence-corrected chi connectivity index (χ2v) is 7.95. The second-order valence-electron chi connectivity index (χ2n) is 6.78. The maximum atomic E-state index is 12.0. The Labute approximate surface area is 156 Å². The number of fused-ring (bicyclic) bond motifs is 2. The van der Waals surface area contributed by atoms with Gasteiger partial charge in [-0.05, 0) is 49.1 Å². The lowest BCUT2D eigenvalue weighted by Gasteiger charge is -2.20. The number of hydrogen-bond donors (Lipinski definition) is 0. The molecule has 26 heavy (non-hydrogen) atoms. The molecule has 2 aliphatic carbocycles. The summed E-state index contributed by atoms with van der Waals surface area (Å²) < 4.78 is 10.7. The van der Waals surface area contributed by atoms with Crippen LogP contribution in [0.4, 0.5) is 0 Å². The highest BCUT2D eigenvalue weighted by atomic mass is 32.1. The van der Waals surface area contributed by atoms with Crippen molar-refractivity contribution in [1.29, 1.82) is 0 Å². The van der Waals surface area contributed by atoms with Gasteiger partial charge in [0.1, 0.15) is 12.4 Å². The number of esters is 1. The molecule has 5 heteroatoms. The topological polar surface area (TPSA) is 52.6 Å². The van der Waals surface area contributed by atoms with E-state index < -0.39 is 0 Å². The van der Waals surface area contributed by atoms with E-state index in [0.717, 1.165) is 40.3 Å². The zero-order valence-corrected chi connectivity index (χ0v) is 15.4. The molecule has 2 unspecified atom stereocenters. The summed E-state index contributed by atoms with van der Waals surface area (Å²) in [7, 11) is 1.38. The fourth-order valence-corrected chi connectivity index (χ4v) is 4.61. The van der Waals surface area contributed by atoms with Crippen LogP contribution in [0.1, 0.15) is 34.5 Å². The summed E-state index contributed by atoms with van der Waals surface area (Å²) in [5.41, 5.74) is 1.60. The van der Waals surface area contributed by atoms with E-state index in [1.165, 1.54) is 7.11 Å². The highest BCUT2D eigenvalue weighted by molar-refractivity contribution is 7.15. The van der Waals surface area contributed by atoms with Gasteiger partial charge in [0.05, 0.1) is 12.7 Å². The number of ketones is 1. The van der Waals surface area contributed by atoms with E-state index in [1.54, 1.807) is 29.5 Å². The zero-order valence-electron chi connectivity index (χ0n) is 14.6. The van der Waals surface area contributed by atoms with Gasteiger partial charge in [0, 0.05) is 27.7 Å². The number of carbonyl (C=O) groups is 2. The molecule has 1 aromatic heterocycles. The third-order valence-electron chi connectivity index (χ3n) is 5.16. The van der Waals surface area contributed by atoms with Gasteiger partial charge in [-0.2, -0.15) is 0 Å². The van der Waals surface area contributed by atoms with Crippen molar-refractivity contribution in [1.82, 2.24) is 0 Å². The quantitative estimate of drug-likeness (QED) is 0.724. The molecule has 2 atom stereocenters. The molecule has 1 heterocycles. The van der Waals surface area contributed by atoms with Crippen LogP contribution in [0.25, 0.3) is 10.4 Å². The predicted octanol–water partition coefficient (Wildman–Crippen LogP) is 4.60. The summed E-state index contributed by atoms with van der Waals surface area (Å²) in [5, 5.41) is 0. The van der Waals surface area contributed by atoms with Crippen molar-refractivity contribution in [2.75, 3.05) is 7.11 Å². The van der Waals surface area contributed by atoms with E-state index in [2.05, 4.69) is 12.1 Å². The van der Waals surface area contributed by atoms with Gasteiger partial charge in [0.2, 0.25) is 0 Å². The van der Waals surface area contributed by atoms with Crippen LogP contribution in [-0.4, -0.2) is 18.9 Å². The van der Waals surface area contributed by atoms with E-state index in [-0.39, 0.29) is 17.7 Å². The number of methoxy groups -OCH3 is 1. The van der Waals surface area contributed by atoms with Gasteiger partial charge >= 0.3 is 5.97 Å². The van der Waals surface area contributed by atoms with Gasteiger partial charge in [-0.15, -0.1) is 11.3 Å². The van der Waals surface area contributed by atoms with Crippen LogP contribution in [0.3, 0.4) is 0 Å². The third kappa shape index (κ3) is 3.31. The number of benzene rings is 1. The molecule has 2 aliphatic rings. The molecule has 0 aliphatic heterocycles. The second kappa shape index (κ2) is 7.08. The van der Waals surface area contributed by atoms with Crippen molar-refractivity contribution in [2.45, 2.75) is 25.9 Å². The van der Waals surface area contributed by atoms with Gasteiger partial charge in [0.15, 0.2) is 5.78 Å². The SMILES string of the molecule is COC(=O)c1ccc(-c2ccc(COC3=CC(=O)C4CCC3C4)s2)cc1. The molecule has 4 nitrogen and oxygen atoms in total. The Hall–Kier alpha value is -2.40. The Bertz CT molecular complexity index is 862. The highest BCUT2D eigenvalue weighted by Gasteiger charge is 2.36. The van der Waals surface area contributed by atoms with Crippen molar-refractivity contribution >= 4 is 23.1 Å². The van der Waals surface area contributed by atoms with Gasteiger partial charge in [0.25, 0.3) is 0 Å². The van der Waals surface area contributed by atoms with E-state index in [1.807, 2.05) is 12.1 Å². The average Bonchev–Trinajstić information content (AvgIpc) is 3.31. The monoisotopic (exact) mass is 368 g/mol. The number of thiophene rings is 1. The van der Waals surface area contributed by atoms with Gasteiger partial charge in [-0.1, -0.05) is 12.1 Å². The van der Waals surface area contributed by atoms with Crippen molar-refractivity contribution < 1.29 is 19.1 Å². The Morgan fingerprint density at radius 3 is 2.65 bits per heavy atom. The lowest BCUT2D eigenvalue weighted by atomic mass is 9.93. The molecule has 2 bridgehead atoms. The molecule has 4 rings (SSSR count). The molecule has 0 saturated heterocycles. The van der Waals surface area contributed by atoms with Crippen molar-refractivity contribution in [3.63, 3.8) is 0 Å². The van der Waals surface area contributed by atoms with Crippen molar-refractivity contribution in [3.8, 4) is 10.4 Å². The Kier molecular flexibility index (Phi) is 4.64. The standard InChI is InChI=1S/C21H20O4S/c1-24-21(23)14-4-2-13(3-5-14)20-9-8-17(26-20)12-25-19-11-18(22)15-6-7-16(19)10-15/h2-5,8-9,11,15-16H,6-7,10,12H2,1H3. The minimum Gasteiger partial charge on any atom is -0.492 e. The van der Waals surface area contributed by atoms with E-state index >= 15 is 0 Å². The third-order valence-corrected chi connectivity index (χ3v) is 6.26. The summed E-state index contributed by atoms with van der Waals surface area (Å²) in [6, 6.07) is 11.5. The molecule has 0 radical (unpaired) electrons. The van der Waals surface area contributed by atoms with Crippen LogP contribution in [0.2, 0.25) is 0 Å². The smallest absolute Gasteiger partial charge is 0.337 e. The number of rotatable bonds is 5. The first-order chi connectivity index (χ1) is 12.6. The Morgan fingerprint density at radius 2 is 1.88 bits per heavy atom. The normalized spacial score (nSPS) is 21.4. The summed E-state index contributed by atoms with van der Waals surface area (Å²) in [5.74, 6) is 1.41. The maximum Gasteiger partial charge on any atom is 0.337 e. The Balaban J connectivity index is 1.42. The zero-order chi connectivity index (χ0) is 18.1. The molecule has 1 fully saturated rings. The van der Waals surface area contributed by atoms with Crippen molar-refractivity contribution in [3.05, 3.63) is 58.7 Å². The maximum absolute atomic E-state index is 12.0. The number of ether oxygens (including phenoxy) is 2. The average molecular weight is 368 g/mol. The molecule has 0 N–H and O–H groups in total. The number of allylic oxidation sites excluding steroid dienone is 2. The van der Waals surface area contributed by atoms with Crippen LogP contribution in [0.5, 0.6) is 0 Å². The minimum atomic E-state index is -0.332. The molecule has 1 saturated carbocycles. The molecule has 2 aromatic rings. The van der Waals surface area contributed by atoms with Gasteiger partial charge in [-0.25, -0.2) is 4.79 Å². The molecule has 0 spiro atoms. The predicted molar refractivity (Wildman–Crippen MR) is 99.8 cm³/mol. The van der Waals surface area contributed by atoms with Crippen LogP contribution in [-0.2, 0) is 20.9 Å².